The fraction of sp³-hybridized carbons (Fsp3) is 0.105. The van der Waals surface area contributed by atoms with E-state index in [0.29, 0.717) is 16.5 Å². The second-order valence-electron chi connectivity index (χ2n) is 5.32. The lowest BCUT2D eigenvalue weighted by Gasteiger charge is -2.01. The van der Waals surface area contributed by atoms with Gasteiger partial charge >= 0.3 is 0 Å². The average molecular weight is 450 g/mol. The molecular formula is C19H14BrClN2O2S. The fourth-order valence-corrected chi connectivity index (χ4v) is 3.52. The number of carbonyl (C=O) groups excluding carboxylic acids is 1. The Balaban J connectivity index is 1.52. The molecule has 0 aliphatic carbocycles. The van der Waals surface area contributed by atoms with E-state index in [0.717, 1.165) is 20.6 Å². The SMILES string of the molecule is O=C(C/C=N/OCc1ccccc1Br)c1cnc(-c2ccc(Cl)cc2)s1. The summed E-state index contributed by atoms with van der Waals surface area (Å²) >= 11 is 10.7. The van der Waals surface area contributed by atoms with Gasteiger partial charge in [0.05, 0.1) is 17.5 Å². The molecule has 1 heterocycles. The van der Waals surface area contributed by atoms with Crippen LogP contribution in [0, 0.1) is 0 Å². The van der Waals surface area contributed by atoms with Gasteiger partial charge in [0.2, 0.25) is 0 Å². The summed E-state index contributed by atoms with van der Waals surface area (Å²) in [5, 5.41) is 5.30. The molecule has 3 rings (SSSR count). The number of halogens is 2. The second kappa shape index (κ2) is 9.07. The summed E-state index contributed by atoms with van der Waals surface area (Å²) < 4.78 is 0.964. The highest BCUT2D eigenvalue weighted by Gasteiger charge is 2.11. The van der Waals surface area contributed by atoms with Gasteiger partial charge in [0.1, 0.15) is 11.6 Å². The molecule has 1 aromatic heterocycles. The van der Waals surface area contributed by atoms with E-state index in [1.807, 2.05) is 36.4 Å². The van der Waals surface area contributed by atoms with Crippen molar-refractivity contribution in [2.45, 2.75) is 13.0 Å². The minimum Gasteiger partial charge on any atom is -0.391 e. The van der Waals surface area contributed by atoms with Crippen LogP contribution in [-0.4, -0.2) is 17.0 Å². The van der Waals surface area contributed by atoms with Crippen molar-refractivity contribution in [3.8, 4) is 10.6 Å². The van der Waals surface area contributed by atoms with Gasteiger partial charge in [-0.2, -0.15) is 0 Å². The topological polar surface area (TPSA) is 51.5 Å². The van der Waals surface area contributed by atoms with Gasteiger partial charge in [-0.1, -0.05) is 63.0 Å². The molecule has 132 valence electrons. The Hall–Kier alpha value is -2.02. The summed E-state index contributed by atoms with van der Waals surface area (Å²) in [6.07, 6.45) is 3.23. The number of nitrogens with zero attached hydrogens (tertiary/aromatic N) is 2. The van der Waals surface area contributed by atoms with Crippen LogP contribution >= 0.6 is 38.9 Å². The lowest BCUT2D eigenvalue weighted by molar-refractivity contribution is 0.0999. The molecule has 0 aliphatic heterocycles. The molecule has 0 amide bonds. The van der Waals surface area contributed by atoms with Gasteiger partial charge < -0.3 is 4.84 Å². The van der Waals surface area contributed by atoms with Crippen molar-refractivity contribution in [1.82, 2.24) is 4.98 Å². The Labute approximate surface area is 168 Å². The van der Waals surface area contributed by atoms with Gasteiger partial charge in [0, 0.05) is 26.8 Å². The second-order valence-corrected chi connectivity index (χ2v) is 7.64. The van der Waals surface area contributed by atoms with Gasteiger partial charge in [-0.15, -0.1) is 11.3 Å². The van der Waals surface area contributed by atoms with Crippen LogP contribution in [0.3, 0.4) is 0 Å². The van der Waals surface area contributed by atoms with Crippen molar-refractivity contribution in [3.05, 3.63) is 74.7 Å². The predicted molar refractivity (Wildman–Crippen MR) is 109 cm³/mol. The lowest BCUT2D eigenvalue weighted by Crippen LogP contribution is -1.97. The quantitative estimate of drug-likeness (QED) is 0.252. The van der Waals surface area contributed by atoms with E-state index in [1.165, 1.54) is 17.6 Å². The summed E-state index contributed by atoms with van der Waals surface area (Å²) in [5.74, 6) is -0.0454. The first-order valence-electron chi connectivity index (χ1n) is 7.75. The van der Waals surface area contributed by atoms with Crippen LogP contribution in [0.1, 0.15) is 21.7 Å². The molecule has 0 aliphatic rings. The Morgan fingerprint density at radius 3 is 2.77 bits per heavy atom. The van der Waals surface area contributed by atoms with Gasteiger partial charge in [0.25, 0.3) is 0 Å². The van der Waals surface area contributed by atoms with E-state index in [2.05, 4.69) is 26.1 Å². The molecule has 0 N–H and O–H groups in total. The summed E-state index contributed by atoms with van der Waals surface area (Å²) in [6, 6.07) is 15.1. The maximum atomic E-state index is 12.2. The maximum Gasteiger partial charge on any atom is 0.179 e. The fourth-order valence-electron chi connectivity index (χ4n) is 2.12. The van der Waals surface area contributed by atoms with E-state index < -0.39 is 0 Å². The van der Waals surface area contributed by atoms with Crippen LogP contribution in [0.5, 0.6) is 0 Å². The number of hydrogen-bond acceptors (Lipinski definition) is 5. The summed E-state index contributed by atoms with van der Waals surface area (Å²) in [7, 11) is 0. The van der Waals surface area contributed by atoms with Crippen molar-refractivity contribution in [2.24, 2.45) is 5.16 Å². The smallest absolute Gasteiger partial charge is 0.179 e. The first-order chi connectivity index (χ1) is 12.6. The first kappa shape index (κ1) is 18.8. The average Bonchev–Trinajstić information content (AvgIpc) is 3.13. The van der Waals surface area contributed by atoms with E-state index in [9.17, 15) is 4.79 Å². The van der Waals surface area contributed by atoms with Gasteiger partial charge in [0.15, 0.2) is 5.78 Å². The summed E-state index contributed by atoms with van der Waals surface area (Å²) in [6.45, 7) is 0.341. The van der Waals surface area contributed by atoms with Crippen molar-refractivity contribution in [2.75, 3.05) is 0 Å². The number of oxime groups is 1. The van der Waals surface area contributed by atoms with E-state index >= 15 is 0 Å². The molecule has 7 heteroatoms. The monoisotopic (exact) mass is 448 g/mol. The minimum absolute atomic E-state index is 0.0454. The first-order valence-corrected chi connectivity index (χ1v) is 9.74. The van der Waals surface area contributed by atoms with E-state index in [1.54, 1.807) is 18.3 Å². The summed E-state index contributed by atoms with van der Waals surface area (Å²) in [5.41, 5.74) is 1.93. The third kappa shape index (κ3) is 5.00. The van der Waals surface area contributed by atoms with Gasteiger partial charge in [-0.3, -0.25) is 4.79 Å². The molecule has 0 saturated heterocycles. The molecule has 4 nitrogen and oxygen atoms in total. The molecule has 0 radical (unpaired) electrons. The Kier molecular flexibility index (Phi) is 6.55. The number of hydrogen-bond donors (Lipinski definition) is 0. The van der Waals surface area contributed by atoms with Crippen LogP contribution in [0.2, 0.25) is 5.02 Å². The number of ketones is 1. The van der Waals surface area contributed by atoms with Crippen LogP contribution < -0.4 is 0 Å². The Bertz CT molecular complexity index is 925. The van der Waals surface area contributed by atoms with Crippen molar-refractivity contribution in [1.29, 1.82) is 0 Å². The number of thiazole rings is 1. The number of carbonyl (C=O) groups is 1. The van der Waals surface area contributed by atoms with Crippen molar-refractivity contribution < 1.29 is 9.63 Å². The zero-order chi connectivity index (χ0) is 18.4. The van der Waals surface area contributed by atoms with Crippen molar-refractivity contribution in [3.63, 3.8) is 0 Å². The Morgan fingerprint density at radius 2 is 2.00 bits per heavy atom. The molecule has 0 spiro atoms. The molecular weight excluding hydrogens is 436 g/mol. The highest BCUT2D eigenvalue weighted by atomic mass is 79.9. The molecule has 3 aromatic rings. The van der Waals surface area contributed by atoms with Gasteiger partial charge in [-0.05, 0) is 18.2 Å². The molecule has 2 aromatic carbocycles. The van der Waals surface area contributed by atoms with Crippen LogP contribution in [0.25, 0.3) is 10.6 Å². The summed E-state index contributed by atoms with van der Waals surface area (Å²) in [4.78, 5) is 22.4. The highest BCUT2D eigenvalue weighted by Crippen LogP contribution is 2.26. The van der Waals surface area contributed by atoms with Crippen molar-refractivity contribution >= 4 is 50.9 Å². The molecule has 0 unspecified atom stereocenters. The zero-order valence-electron chi connectivity index (χ0n) is 13.6. The van der Waals surface area contributed by atoms with E-state index in [-0.39, 0.29) is 12.2 Å². The predicted octanol–water partition coefficient (Wildman–Crippen LogP) is 6.00. The third-order valence-corrected chi connectivity index (χ3v) is 5.59. The molecule has 0 fully saturated rings. The Morgan fingerprint density at radius 1 is 1.23 bits per heavy atom. The molecule has 0 saturated carbocycles. The minimum atomic E-state index is -0.0454. The largest absolute Gasteiger partial charge is 0.391 e. The van der Waals surface area contributed by atoms with Crippen LogP contribution in [0.15, 0.2) is 64.4 Å². The zero-order valence-corrected chi connectivity index (χ0v) is 16.7. The van der Waals surface area contributed by atoms with Gasteiger partial charge in [-0.25, -0.2) is 4.98 Å². The number of rotatable bonds is 7. The molecule has 26 heavy (non-hydrogen) atoms. The standard InChI is InChI=1S/C19H14BrClN2O2S/c20-16-4-2-1-3-14(16)12-25-23-10-9-17(24)18-11-22-19(26-18)13-5-7-15(21)8-6-13/h1-8,10-11H,9,12H2/b23-10+. The number of Topliss-reactive ketones (excluding diaryl/α,β-unsaturated/α-hetero) is 1. The normalized spacial score (nSPS) is 11.0. The van der Waals surface area contributed by atoms with Crippen LogP contribution in [-0.2, 0) is 11.4 Å². The molecule has 0 bridgehead atoms. The van der Waals surface area contributed by atoms with E-state index in [4.69, 9.17) is 16.4 Å². The van der Waals surface area contributed by atoms with Crippen LogP contribution in [0.4, 0.5) is 0 Å². The highest BCUT2D eigenvalue weighted by molar-refractivity contribution is 9.10. The molecule has 0 atom stereocenters. The third-order valence-electron chi connectivity index (χ3n) is 3.48. The number of benzene rings is 2. The lowest BCUT2D eigenvalue weighted by atomic mass is 10.2. The maximum absolute atomic E-state index is 12.2. The number of aromatic nitrogens is 1.